The Labute approximate surface area is 145 Å². The molecule has 3 amide bonds. The Bertz CT molecular complexity index is 826. The number of carbonyl (C=O) groups is 2. The van der Waals surface area contributed by atoms with Crippen LogP contribution in [0.3, 0.4) is 0 Å². The number of benzene rings is 2. The van der Waals surface area contributed by atoms with Gasteiger partial charge in [-0.1, -0.05) is 55.8 Å². The normalized spacial score (nSPS) is 16.2. The molecule has 1 aliphatic heterocycles. The molecule has 122 valence electrons. The summed E-state index contributed by atoms with van der Waals surface area (Å²) in [7, 11) is 0. The number of nitrogens with one attached hydrogen (secondary N) is 1. The molecule has 0 radical (unpaired) electrons. The summed E-state index contributed by atoms with van der Waals surface area (Å²) in [5, 5.41) is 3.08. The third-order valence-corrected chi connectivity index (χ3v) is 4.09. The molecule has 0 unspecified atom stereocenters. The number of anilines is 1. The zero-order valence-electron chi connectivity index (χ0n) is 13.4. The van der Waals surface area contributed by atoms with E-state index in [4.69, 9.17) is 11.6 Å². The third-order valence-electron chi connectivity index (χ3n) is 3.86. The number of urea groups is 1. The molecule has 0 aromatic heterocycles. The third kappa shape index (κ3) is 3.19. The first-order chi connectivity index (χ1) is 11.5. The highest BCUT2D eigenvalue weighted by molar-refractivity contribution is 6.32. The summed E-state index contributed by atoms with van der Waals surface area (Å²) < 4.78 is 0. The van der Waals surface area contributed by atoms with Gasteiger partial charge in [-0.05, 0) is 41.3 Å². The quantitative estimate of drug-likeness (QED) is 0.657. The molecule has 2 aromatic carbocycles. The van der Waals surface area contributed by atoms with Crippen LogP contribution in [0.15, 0.2) is 54.2 Å². The zero-order chi connectivity index (χ0) is 17.3. The van der Waals surface area contributed by atoms with Gasteiger partial charge >= 0.3 is 6.03 Å². The lowest BCUT2D eigenvalue weighted by molar-refractivity contribution is -0.113. The highest BCUT2D eigenvalue weighted by atomic mass is 35.5. The van der Waals surface area contributed by atoms with Gasteiger partial charge in [-0.15, -0.1) is 0 Å². The van der Waals surface area contributed by atoms with Crippen molar-refractivity contribution < 1.29 is 9.59 Å². The van der Waals surface area contributed by atoms with Crippen molar-refractivity contribution in [2.45, 2.75) is 19.8 Å². The molecule has 1 N–H and O–H groups in total. The molecule has 3 rings (SSSR count). The number of halogens is 1. The van der Waals surface area contributed by atoms with Gasteiger partial charge in [-0.3, -0.25) is 4.79 Å². The first kappa shape index (κ1) is 16.3. The van der Waals surface area contributed by atoms with Gasteiger partial charge in [0.1, 0.15) is 5.70 Å². The van der Waals surface area contributed by atoms with E-state index in [9.17, 15) is 9.59 Å². The SMILES string of the molecule is CC(C)c1ccc(/C=C2\NC(=O)N(c3cccc(Cl)c3)C2=O)cc1. The smallest absolute Gasteiger partial charge is 0.302 e. The number of hydrogen-bond acceptors (Lipinski definition) is 2. The van der Waals surface area contributed by atoms with Gasteiger partial charge in [0.25, 0.3) is 5.91 Å². The molecular formula is C19H17ClN2O2. The number of carbonyl (C=O) groups excluding carboxylic acids is 2. The second-order valence-corrected chi connectivity index (χ2v) is 6.37. The largest absolute Gasteiger partial charge is 0.333 e. The summed E-state index contributed by atoms with van der Waals surface area (Å²) in [6.07, 6.45) is 1.68. The van der Waals surface area contributed by atoms with Crippen molar-refractivity contribution in [1.29, 1.82) is 0 Å². The van der Waals surface area contributed by atoms with E-state index in [1.54, 1.807) is 30.3 Å². The maximum atomic E-state index is 12.5. The van der Waals surface area contributed by atoms with Crippen LogP contribution in [0.2, 0.25) is 5.02 Å². The standard InChI is InChI=1S/C19H17ClN2O2/c1-12(2)14-8-6-13(7-9-14)10-17-18(23)22(19(24)21-17)16-5-3-4-15(20)11-16/h3-12H,1-2H3,(H,21,24)/b17-10-. The van der Waals surface area contributed by atoms with E-state index in [0.29, 0.717) is 16.6 Å². The van der Waals surface area contributed by atoms with Crippen molar-refractivity contribution in [1.82, 2.24) is 5.32 Å². The molecule has 0 saturated carbocycles. The van der Waals surface area contributed by atoms with E-state index in [1.165, 1.54) is 5.56 Å². The van der Waals surface area contributed by atoms with Crippen molar-refractivity contribution in [3.63, 3.8) is 0 Å². The minimum Gasteiger partial charge on any atom is -0.302 e. The molecule has 0 bridgehead atoms. The predicted molar refractivity (Wildman–Crippen MR) is 96.0 cm³/mol. The van der Waals surface area contributed by atoms with Crippen LogP contribution in [0.4, 0.5) is 10.5 Å². The number of rotatable bonds is 3. The molecule has 0 atom stereocenters. The van der Waals surface area contributed by atoms with E-state index >= 15 is 0 Å². The fourth-order valence-corrected chi connectivity index (χ4v) is 2.71. The summed E-state index contributed by atoms with van der Waals surface area (Å²) >= 11 is 5.94. The van der Waals surface area contributed by atoms with E-state index in [1.807, 2.05) is 24.3 Å². The highest BCUT2D eigenvalue weighted by Gasteiger charge is 2.34. The second-order valence-electron chi connectivity index (χ2n) is 5.93. The Morgan fingerprint density at radius 2 is 1.79 bits per heavy atom. The molecule has 1 aliphatic rings. The van der Waals surface area contributed by atoms with E-state index in [0.717, 1.165) is 10.5 Å². The van der Waals surface area contributed by atoms with Crippen LogP contribution in [-0.4, -0.2) is 11.9 Å². The molecule has 1 saturated heterocycles. The molecule has 0 aliphatic carbocycles. The molecule has 5 heteroatoms. The Hall–Kier alpha value is -2.59. The summed E-state index contributed by atoms with van der Waals surface area (Å²) in [6.45, 7) is 4.24. The highest BCUT2D eigenvalue weighted by Crippen LogP contribution is 2.25. The van der Waals surface area contributed by atoms with E-state index in [-0.39, 0.29) is 5.70 Å². The van der Waals surface area contributed by atoms with Crippen molar-refractivity contribution >= 4 is 35.3 Å². The van der Waals surface area contributed by atoms with Crippen molar-refractivity contribution in [3.8, 4) is 0 Å². The summed E-state index contributed by atoms with van der Waals surface area (Å²) in [6, 6.07) is 14.1. The molecule has 1 heterocycles. The fourth-order valence-electron chi connectivity index (χ4n) is 2.53. The lowest BCUT2D eigenvalue weighted by Crippen LogP contribution is -2.30. The van der Waals surface area contributed by atoms with Crippen LogP contribution in [0.25, 0.3) is 6.08 Å². The lowest BCUT2D eigenvalue weighted by Gasteiger charge is -2.11. The number of nitrogens with zero attached hydrogens (tertiary/aromatic N) is 1. The van der Waals surface area contributed by atoms with Crippen molar-refractivity contribution in [3.05, 3.63) is 70.4 Å². The zero-order valence-corrected chi connectivity index (χ0v) is 14.2. The van der Waals surface area contributed by atoms with Gasteiger partial charge in [0.2, 0.25) is 0 Å². The fraction of sp³-hybridized carbons (Fsp3) is 0.158. The van der Waals surface area contributed by atoms with E-state index < -0.39 is 11.9 Å². The molecule has 0 spiro atoms. The minimum atomic E-state index is -0.479. The summed E-state index contributed by atoms with van der Waals surface area (Å²) in [4.78, 5) is 25.8. The first-order valence-electron chi connectivity index (χ1n) is 7.68. The van der Waals surface area contributed by atoms with Gasteiger partial charge in [-0.25, -0.2) is 9.69 Å². The molecule has 24 heavy (non-hydrogen) atoms. The Morgan fingerprint density at radius 1 is 1.08 bits per heavy atom. The molecule has 4 nitrogen and oxygen atoms in total. The first-order valence-corrected chi connectivity index (χ1v) is 8.06. The Balaban J connectivity index is 1.88. The maximum Gasteiger partial charge on any atom is 0.333 e. The predicted octanol–water partition coefficient (Wildman–Crippen LogP) is 4.56. The monoisotopic (exact) mass is 340 g/mol. The molecule has 1 fully saturated rings. The number of amides is 3. The van der Waals surface area contributed by atoms with Crippen molar-refractivity contribution in [2.24, 2.45) is 0 Å². The number of imide groups is 1. The van der Waals surface area contributed by atoms with Crippen LogP contribution < -0.4 is 10.2 Å². The van der Waals surface area contributed by atoms with Gasteiger partial charge in [0.05, 0.1) is 5.69 Å². The van der Waals surface area contributed by atoms with Gasteiger partial charge in [-0.2, -0.15) is 0 Å². The summed E-state index contributed by atoms with van der Waals surface area (Å²) in [5.74, 6) is 0.0491. The van der Waals surface area contributed by atoms with Crippen LogP contribution >= 0.6 is 11.6 Å². The average molecular weight is 341 g/mol. The molecule has 2 aromatic rings. The Morgan fingerprint density at radius 3 is 2.42 bits per heavy atom. The second kappa shape index (κ2) is 6.49. The Kier molecular flexibility index (Phi) is 4.40. The van der Waals surface area contributed by atoms with Gasteiger partial charge in [0.15, 0.2) is 0 Å². The van der Waals surface area contributed by atoms with Crippen LogP contribution in [0, 0.1) is 0 Å². The minimum absolute atomic E-state index is 0.247. The molecular weight excluding hydrogens is 324 g/mol. The number of hydrogen-bond donors (Lipinski definition) is 1. The van der Waals surface area contributed by atoms with Gasteiger partial charge < -0.3 is 5.32 Å². The van der Waals surface area contributed by atoms with Crippen LogP contribution in [-0.2, 0) is 4.79 Å². The van der Waals surface area contributed by atoms with Crippen LogP contribution in [0.5, 0.6) is 0 Å². The maximum absolute atomic E-state index is 12.5. The topological polar surface area (TPSA) is 49.4 Å². The van der Waals surface area contributed by atoms with E-state index in [2.05, 4.69) is 19.2 Å². The average Bonchev–Trinajstić information content (AvgIpc) is 2.82. The van der Waals surface area contributed by atoms with Crippen LogP contribution in [0.1, 0.15) is 30.9 Å². The lowest BCUT2D eigenvalue weighted by atomic mass is 10.0. The van der Waals surface area contributed by atoms with Crippen molar-refractivity contribution in [2.75, 3.05) is 4.90 Å². The van der Waals surface area contributed by atoms with Gasteiger partial charge in [0, 0.05) is 5.02 Å². The summed E-state index contributed by atoms with van der Waals surface area (Å²) in [5.41, 5.74) is 2.77.